The maximum absolute atomic E-state index is 14.1. The Labute approximate surface area is 307 Å². The summed E-state index contributed by atoms with van der Waals surface area (Å²) in [5.74, 6) is -4.89. The number of ether oxygens (including phenoxy) is 1. The highest BCUT2D eigenvalue weighted by molar-refractivity contribution is 9.10. The Morgan fingerprint density at radius 1 is 0.923 bits per heavy atom. The average molecular weight is 825 g/mol. The molecule has 1 saturated heterocycles. The van der Waals surface area contributed by atoms with Crippen LogP contribution in [0.25, 0.3) is 0 Å². The van der Waals surface area contributed by atoms with Crippen LogP contribution >= 0.6 is 39.0 Å². The molecule has 8 nitrogen and oxygen atoms in total. The number of fused-ring (bicyclic) bond motifs is 9. The summed E-state index contributed by atoms with van der Waals surface area (Å²) >= 11 is 5.89. The summed E-state index contributed by atoms with van der Waals surface area (Å²) in [4.78, 5) is 57.8. The molecule has 4 aliphatic rings. The lowest BCUT2D eigenvalue weighted by Gasteiger charge is -2.43. The fourth-order valence-electron chi connectivity index (χ4n) is 8.50. The summed E-state index contributed by atoms with van der Waals surface area (Å²) in [5, 5.41) is 2.59. The molecule has 7 atom stereocenters. The average Bonchev–Trinajstić information content (AvgIpc) is 3.82. The number of halogens is 7. The molecule has 0 unspecified atom stereocenters. The molecule has 3 aromatic carbocycles. The van der Waals surface area contributed by atoms with Gasteiger partial charge in [-0.3, -0.25) is 24.1 Å². The second kappa shape index (κ2) is 12.5. The molecule has 4 aromatic rings. The first kappa shape index (κ1) is 35.0. The second-order valence-electron chi connectivity index (χ2n) is 13.1. The van der Waals surface area contributed by atoms with Crippen LogP contribution in [0.4, 0.5) is 37.7 Å². The summed E-state index contributed by atoms with van der Waals surface area (Å²) in [6, 6.07) is 13.7. The van der Waals surface area contributed by atoms with Gasteiger partial charge in [-0.2, -0.15) is 26.3 Å². The zero-order valence-corrected chi connectivity index (χ0v) is 29.5. The van der Waals surface area contributed by atoms with Crippen LogP contribution in [-0.2, 0) is 26.7 Å². The zero-order chi connectivity index (χ0) is 36.9. The highest BCUT2D eigenvalue weighted by Gasteiger charge is 2.70. The molecule has 270 valence electrons. The number of nitrogens with zero attached hydrogens (tertiary/aromatic N) is 1. The Balaban J connectivity index is 1.12. The molecule has 2 aliphatic carbocycles. The number of nitrogens with one attached hydrogen (secondary N) is 2. The molecular weight excluding hydrogens is 800 g/mol. The van der Waals surface area contributed by atoms with Gasteiger partial charge in [-0.15, -0.1) is 11.8 Å². The number of thioether (sulfide) groups is 1. The number of para-hydroxylation sites is 1. The number of hydrogen-bond donors (Lipinski definition) is 2. The summed E-state index contributed by atoms with van der Waals surface area (Å²) in [6.45, 7) is -0.650. The van der Waals surface area contributed by atoms with E-state index in [1.165, 1.54) is 30.0 Å². The minimum Gasteiger partial charge on any atom is -0.483 e. The summed E-state index contributed by atoms with van der Waals surface area (Å²) in [6.07, 6.45) is -8.88. The van der Waals surface area contributed by atoms with E-state index in [1.54, 1.807) is 18.2 Å². The van der Waals surface area contributed by atoms with Crippen molar-refractivity contribution < 1.29 is 45.5 Å². The van der Waals surface area contributed by atoms with Gasteiger partial charge in [0.05, 0.1) is 39.4 Å². The van der Waals surface area contributed by atoms with Crippen molar-refractivity contribution in [2.45, 2.75) is 35.0 Å². The van der Waals surface area contributed by atoms with Crippen LogP contribution < -0.4 is 19.8 Å². The molecule has 1 aromatic heterocycles. The molecule has 0 spiro atoms. The van der Waals surface area contributed by atoms with Crippen LogP contribution in [0.2, 0.25) is 0 Å². The first-order chi connectivity index (χ1) is 24.6. The van der Waals surface area contributed by atoms with Crippen molar-refractivity contribution in [1.29, 1.82) is 0 Å². The molecule has 2 aliphatic heterocycles. The van der Waals surface area contributed by atoms with Gasteiger partial charge in [0, 0.05) is 26.1 Å². The van der Waals surface area contributed by atoms with Gasteiger partial charge in [0.15, 0.2) is 6.61 Å². The number of alkyl halides is 6. The van der Waals surface area contributed by atoms with E-state index >= 15 is 0 Å². The Bertz CT molecular complexity index is 2210. The van der Waals surface area contributed by atoms with Crippen molar-refractivity contribution in [3.8, 4) is 5.75 Å². The number of hydrogen-bond acceptors (Lipinski definition) is 7. The van der Waals surface area contributed by atoms with Gasteiger partial charge in [0.2, 0.25) is 11.8 Å². The highest BCUT2D eigenvalue weighted by atomic mass is 79.9. The van der Waals surface area contributed by atoms with Gasteiger partial charge in [-0.05, 0) is 72.7 Å². The van der Waals surface area contributed by atoms with E-state index in [4.69, 9.17) is 4.74 Å². The quantitative estimate of drug-likeness (QED) is 0.151. The largest absolute Gasteiger partial charge is 0.483 e. The molecule has 3 fully saturated rings. The molecule has 3 heterocycles. The van der Waals surface area contributed by atoms with Crippen molar-refractivity contribution in [2.75, 3.05) is 16.8 Å². The number of aromatic nitrogens is 1. The number of H-pyrrole nitrogens is 1. The Morgan fingerprint density at radius 2 is 1.65 bits per heavy atom. The summed E-state index contributed by atoms with van der Waals surface area (Å²) < 4.78 is 87.9. The van der Waals surface area contributed by atoms with Crippen LogP contribution in [0.3, 0.4) is 0 Å². The van der Waals surface area contributed by atoms with Crippen LogP contribution in [0.5, 0.6) is 5.75 Å². The highest BCUT2D eigenvalue weighted by Crippen LogP contribution is 2.69. The minimum absolute atomic E-state index is 0.145. The van der Waals surface area contributed by atoms with Crippen molar-refractivity contribution in [2.24, 2.45) is 29.6 Å². The first-order valence-corrected chi connectivity index (χ1v) is 18.4. The lowest BCUT2D eigenvalue weighted by molar-refractivity contribution is -0.138. The topological polar surface area (TPSA) is 109 Å². The third kappa shape index (κ3) is 5.75. The molecule has 0 radical (unpaired) electrons. The summed E-state index contributed by atoms with van der Waals surface area (Å²) in [5.41, 5.74) is -2.02. The third-order valence-electron chi connectivity index (χ3n) is 10.3. The normalized spacial score (nSPS) is 26.3. The smallest absolute Gasteiger partial charge is 0.418 e. The Hall–Kier alpha value is -4.09. The SMILES string of the molecule is O=C(COc1ccc(Br)cc1[C@@H]1c2sc(=O)[nH]c2S[C@@H]2[C@@H]3C[C@@H]([C@@H]4C(=O)N(c5cccc(C(F)(F)F)c5)C(=O)[C@@H]34)[C@H]12)Nc1ccccc1C(F)(F)F. The molecule has 2 saturated carbocycles. The molecular formula is C35H24BrF6N3O5S2. The fourth-order valence-corrected chi connectivity index (χ4v) is 11.8. The molecule has 2 N–H and O–H groups in total. The zero-order valence-electron chi connectivity index (χ0n) is 26.3. The van der Waals surface area contributed by atoms with Gasteiger partial charge in [0.25, 0.3) is 5.91 Å². The number of rotatable bonds is 6. The number of amides is 3. The third-order valence-corrected chi connectivity index (χ3v) is 13.4. The summed E-state index contributed by atoms with van der Waals surface area (Å²) in [7, 11) is 0. The molecule has 17 heteroatoms. The standard InChI is InChI=1S/C35H24BrF6N3O5S2/c36-15-8-9-22(50-13-23(46)43-21-7-2-1-6-20(21)35(40,41)42)17(11-15)24-25-18-12-19(28(25)51-30-29(24)52-33(49)44-30)27-26(18)31(47)45(32(27)48)16-5-3-4-14(10-16)34(37,38)39/h1-11,18-19,24-28H,12-13H2,(H,43,46)(H,44,49)/t18-,19-,24+,25-,26+,27+,28-/m1/s1. The van der Waals surface area contributed by atoms with E-state index < -0.39 is 71.2 Å². The van der Waals surface area contributed by atoms with Gasteiger partial charge in [-0.1, -0.05) is 45.5 Å². The van der Waals surface area contributed by atoms with E-state index in [2.05, 4.69) is 26.2 Å². The van der Waals surface area contributed by atoms with Crippen molar-refractivity contribution in [3.63, 3.8) is 0 Å². The van der Waals surface area contributed by atoms with E-state index in [0.29, 0.717) is 26.4 Å². The van der Waals surface area contributed by atoms with Gasteiger partial charge >= 0.3 is 17.2 Å². The fraction of sp³-hybridized carbons (Fsp3) is 0.314. The van der Waals surface area contributed by atoms with E-state index in [-0.39, 0.29) is 39.3 Å². The van der Waals surface area contributed by atoms with E-state index in [9.17, 15) is 45.5 Å². The monoisotopic (exact) mass is 823 g/mol. The van der Waals surface area contributed by atoms with Gasteiger partial charge in [0.1, 0.15) is 5.75 Å². The molecule has 8 rings (SSSR count). The first-order valence-electron chi connectivity index (χ1n) is 15.9. The number of aromatic amines is 1. The lowest BCUT2D eigenvalue weighted by Crippen LogP contribution is -2.42. The maximum Gasteiger partial charge on any atom is 0.418 e. The lowest BCUT2D eigenvalue weighted by atomic mass is 9.68. The number of thiazole rings is 1. The number of carbonyl (C=O) groups excluding carboxylic acids is 3. The number of carbonyl (C=O) groups is 3. The molecule has 3 amide bonds. The Morgan fingerprint density at radius 3 is 2.38 bits per heavy atom. The Kier molecular flexibility index (Phi) is 8.41. The van der Waals surface area contributed by atoms with Crippen LogP contribution in [0, 0.1) is 29.6 Å². The second-order valence-corrected chi connectivity index (χ2v) is 16.2. The van der Waals surface area contributed by atoms with Gasteiger partial charge in [-0.25, -0.2) is 0 Å². The number of benzene rings is 3. The number of imide groups is 1. The van der Waals surface area contributed by atoms with Gasteiger partial charge < -0.3 is 15.0 Å². The molecule has 52 heavy (non-hydrogen) atoms. The van der Waals surface area contributed by atoms with Crippen LogP contribution in [0.15, 0.2) is 81.0 Å². The predicted octanol–water partition coefficient (Wildman–Crippen LogP) is 7.93. The van der Waals surface area contributed by atoms with Crippen molar-refractivity contribution in [1.82, 2.24) is 4.98 Å². The molecule has 2 bridgehead atoms. The van der Waals surface area contributed by atoms with Crippen LogP contribution in [-0.4, -0.2) is 34.6 Å². The predicted molar refractivity (Wildman–Crippen MR) is 182 cm³/mol. The van der Waals surface area contributed by atoms with Crippen molar-refractivity contribution >= 4 is 68.1 Å². The van der Waals surface area contributed by atoms with E-state index in [0.717, 1.165) is 46.6 Å². The number of anilines is 2. The maximum atomic E-state index is 14.1. The van der Waals surface area contributed by atoms with Crippen molar-refractivity contribution in [3.05, 3.63) is 102 Å². The van der Waals surface area contributed by atoms with Crippen LogP contribution in [0.1, 0.15) is 33.9 Å². The minimum atomic E-state index is -4.70. The van der Waals surface area contributed by atoms with E-state index in [1.807, 2.05) is 0 Å².